The van der Waals surface area contributed by atoms with Gasteiger partial charge in [-0.25, -0.2) is 0 Å². The highest BCUT2D eigenvalue weighted by Gasteiger charge is 2.32. The third-order valence-corrected chi connectivity index (χ3v) is 5.13. The van der Waals surface area contributed by atoms with Gasteiger partial charge in [0, 0.05) is 18.1 Å². The zero-order chi connectivity index (χ0) is 18.4. The van der Waals surface area contributed by atoms with E-state index >= 15 is 0 Å². The highest BCUT2D eigenvalue weighted by molar-refractivity contribution is 8.26. The molecule has 0 atom stereocenters. The van der Waals surface area contributed by atoms with Crippen LogP contribution >= 0.6 is 35.6 Å². The number of carbonyl (C=O) groups excluding carboxylic acids is 2. The number of likely N-dealkylation sites (N-methyl/N-ethyl adjacent to an activating group) is 1. The molecule has 1 aromatic carbocycles. The maximum Gasteiger partial charge on any atom is 0.307 e. The third kappa shape index (κ3) is 5.81. The first kappa shape index (κ1) is 19.9. The lowest BCUT2D eigenvalue weighted by atomic mass is 10.2. The molecule has 5 nitrogen and oxygen atoms in total. The molecule has 0 N–H and O–H groups in total. The van der Waals surface area contributed by atoms with E-state index in [1.165, 1.54) is 16.7 Å². The molecule has 1 aliphatic rings. The zero-order valence-electron chi connectivity index (χ0n) is 14.0. The van der Waals surface area contributed by atoms with Crippen LogP contribution in [0.25, 0.3) is 6.08 Å². The second-order valence-electron chi connectivity index (χ2n) is 5.63. The van der Waals surface area contributed by atoms with Crippen molar-refractivity contribution in [1.82, 2.24) is 9.80 Å². The highest BCUT2D eigenvalue weighted by atomic mass is 35.5. The molecule has 0 saturated carbocycles. The average molecular weight is 399 g/mol. The summed E-state index contributed by atoms with van der Waals surface area (Å²) < 4.78 is 5.56. The Bertz CT molecular complexity index is 707. The van der Waals surface area contributed by atoms with Crippen molar-refractivity contribution < 1.29 is 14.3 Å². The maximum atomic E-state index is 12.5. The van der Waals surface area contributed by atoms with Crippen molar-refractivity contribution >= 4 is 57.9 Å². The Morgan fingerprint density at radius 1 is 1.40 bits per heavy atom. The number of benzene rings is 1. The summed E-state index contributed by atoms with van der Waals surface area (Å²) >= 11 is 12.6. The van der Waals surface area contributed by atoms with Crippen molar-refractivity contribution in [2.75, 3.05) is 33.8 Å². The zero-order valence-corrected chi connectivity index (χ0v) is 16.4. The van der Waals surface area contributed by atoms with E-state index in [2.05, 4.69) is 0 Å². The van der Waals surface area contributed by atoms with E-state index in [4.69, 9.17) is 28.6 Å². The van der Waals surface area contributed by atoms with Crippen molar-refractivity contribution in [3.63, 3.8) is 0 Å². The number of rotatable bonds is 7. The minimum Gasteiger partial charge on any atom is -0.464 e. The van der Waals surface area contributed by atoms with Crippen molar-refractivity contribution in [2.24, 2.45) is 0 Å². The fraction of sp³-hybridized carbons (Fsp3) is 0.353. The summed E-state index contributed by atoms with van der Waals surface area (Å²) in [6.07, 6.45) is 1.83. The summed E-state index contributed by atoms with van der Waals surface area (Å²) in [5, 5.41) is 0.567. The van der Waals surface area contributed by atoms with Gasteiger partial charge in [-0.1, -0.05) is 53.8 Å². The Morgan fingerprint density at radius 2 is 2.12 bits per heavy atom. The number of thiocarbonyl (C=S) groups is 1. The molecule has 0 aromatic heterocycles. The fourth-order valence-corrected chi connectivity index (χ4v) is 3.53. The van der Waals surface area contributed by atoms with Gasteiger partial charge < -0.3 is 9.64 Å². The van der Waals surface area contributed by atoms with E-state index in [9.17, 15) is 9.59 Å². The molecule has 1 aromatic rings. The smallest absolute Gasteiger partial charge is 0.307 e. The number of halogens is 1. The SMILES string of the molecule is CN(C)CCOC(=O)CCN1C(=O)/C(=C/c2ccccc2Cl)SC1=S. The first-order chi connectivity index (χ1) is 11.9. The van der Waals surface area contributed by atoms with E-state index < -0.39 is 0 Å². The summed E-state index contributed by atoms with van der Waals surface area (Å²) in [7, 11) is 3.80. The van der Waals surface area contributed by atoms with Crippen molar-refractivity contribution in [2.45, 2.75) is 6.42 Å². The minimum absolute atomic E-state index is 0.110. The molecule has 1 heterocycles. The second kappa shape index (κ2) is 9.33. The van der Waals surface area contributed by atoms with Gasteiger partial charge in [0.05, 0.1) is 11.3 Å². The minimum atomic E-state index is -0.342. The van der Waals surface area contributed by atoms with E-state index in [0.717, 1.165) is 5.56 Å². The number of esters is 1. The van der Waals surface area contributed by atoms with Gasteiger partial charge in [0.25, 0.3) is 5.91 Å². The monoisotopic (exact) mass is 398 g/mol. The Morgan fingerprint density at radius 3 is 2.80 bits per heavy atom. The van der Waals surface area contributed by atoms with Crippen LogP contribution in [0.1, 0.15) is 12.0 Å². The van der Waals surface area contributed by atoms with Crippen LogP contribution in [0.2, 0.25) is 5.02 Å². The van der Waals surface area contributed by atoms with Crippen molar-refractivity contribution in [3.05, 3.63) is 39.8 Å². The van der Waals surface area contributed by atoms with Crippen molar-refractivity contribution in [3.8, 4) is 0 Å². The second-order valence-corrected chi connectivity index (χ2v) is 7.71. The van der Waals surface area contributed by atoms with Crippen LogP contribution in [-0.4, -0.2) is 59.8 Å². The first-order valence-electron chi connectivity index (χ1n) is 7.68. The molecule has 25 heavy (non-hydrogen) atoms. The van der Waals surface area contributed by atoms with E-state index in [0.29, 0.717) is 27.4 Å². The van der Waals surface area contributed by atoms with Crippen LogP contribution in [0.15, 0.2) is 29.2 Å². The standard InChI is InChI=1S/C17H19ClN2O3S2/c1-19(2)9-10-23-15(21)7-8-20-16(22)14(25-17(20)24)11-12-5-3-4-6-13(12)18/h3-6,11H,7-10H2,1-2H3/b14-11-. The van der Waals surface area contributed by atoms with Crippen LogP contribution < -0.4 is 0 Å². The molecule has 1 aliphatic heterocycles. The van der Waals surface area contributed by atoms with Gasteiger partial charge in [-0.3, -0.25) is 14.5 Å². The molecule has 1 fully saturated rings. The Hall–Kier alpha value is -1.41. The lowest BCUT2D eigenvalue weighted by Gasteiger charge is -2.14. The largest absolute Gasteiger partial charge is 0.464 e. The molecule has 8 heteroatoms. The highest BCUT2D eigenvalue weighted by Crippen LogP contribution is 2.33. The number of ether oxygens (including phenoxy) is 1. The molecular formula is C17H19ClN2O3S2. The number of nitrogens with zero attached hydrogens (tertiary/aromatic N) is 2. The number of amides is 1. The lowest BCUT2D eigenvalue weighted by Crippen LogP contribution is -2.31. The summed E-state index contributed by atoms with van der Waals surface area (Å²) in [6.45, 7) is 1.20. The van der Waals surface area contributed by atoms with Gasteiger partial charge in [0.2, 0.25) is 0 Å². The predicted molar refractivity (Wildman–Crippen MR) is 105 cm³/mol. The van der Waals surface area contributed by atoms with Crippen LogP contribution in [-0.2, 0) is 14.3 Å². The quantitative estimate of drug-likeness (QED) is 0.399. The Labute approximate surface area is 161 Å². The molecule has 1 amide bonds. The molecule has 0 radical (unpaired) electrons. The normalized spacial score (nSPS) is 16.2. The number of hydrogen-bond donors (Lipinski definition) is 0. The molecule has 0 spiro atoms. The Balaban J connectivity index is 1.93. The maximum absolute atomic E-state index is 12.5. The van der Waals surface area contributed by atoms with Crippen LogP contribution in [0, 0.1) is 0 Å². The van der Waals surface area contributed by atoms with Crippen molar-refractivity contribution in [1.29, 1.82) is 0 Å². The van der Waals surface area contributed by atoms with Crippen LogP contribution in [0.4, 0.5) is 0 Å². The van der Waals surface area contributed by atoms with Gasteiger partial charge in [-0.15, -0.1) is 0 Å². The third-order valence-electron chi connectivity index (χ3n) is 3.41. The van der Waals surface area contributed by atoms with Crippen LogP contribution in [0.5, 0.6) is 0 Å². The topological polar surface area (TPSA) is 49.9 Å². The summed E-state index contributed by atoms with van der Waals surface area (Å²) in [5.41, 5.74) is 0.757. The van der Waals surface area contributed by atoms with Gasteiger partial charge in [-0.05, 0) is 31.8 Å². The molecule has 0 unspecified atom stereocenters. The van der Waals surface area contributed by atoms with E-state index in [-0.39, 0.29) is 24.8 Å². The predicted octanol–water partition coefficient (Wildman–Crippen LogP) is 3.04. The first-order valence-corrected chi connectivity index (χ1v) is 9.29. The summed E-state index contributed by atoms with van der Waals surface area (Å²) in [5.74, 6) is -0.554. The van der Waals surface area contributed by atoms with Gasteiger partial charge in [0.1, 0.15) is 10.9 Å². The average Bonchev–Trinajstić information content (AvgIpc) is 2.81. The molecular weight excluding hydrogens is 380 g/mol. The number of thioether (sulfide) groups is 1. The molecule has 134 valence electrons. The summed E-state index contributed by atoms with van der Waals surface area (Å²) in [4.78, 5) is 28.1. The lowest BCUT2D eigenvalue weighted by molar-refractivity contribution is -0.144. The number of hydrogen-bond acceptors (Lipinski definition) is 6. The van der Waals surface area contributed by atoms with Gasteiger partial charge in [-0.2, -0.15) is 0 Å². The molecule has 0 aliphatic carbocycles. The van der Waals surface area contributed by atoms with E-state index in [1.807, 2.05) is 37.2 Å². The molecule has 1 saturated heterocycles. The number of carbonyl (C=O) groups is 2. The van der Waals surface area contributed by atoms with E-state index in [1.54, 1.807) is 12.1 Å². The van der Waals surface area contributed by atoms with Gasteiger partial charge >= 0.3 is 5.97 Å². The van der Waals surface area contributed by atoms with Crippen LogP contribution in [0.3, 0.4) is 0 Å². The Kier molecular flexibility index (Phi) is 7.43. The summed E-state index contributed by atoms with van der Waals surface area (Å²) in [6, 6.07) is 7.27. The van der Waals surface area contributed by atoms with Gasteiger partial charge in [0.15, 0.2) is 0 Å². The fourth-order valence-electron chi connectivity index (χ4n) is 2.04. The molecule has 0 bridgehead atoms. The molecule has 2 rings (SSSR count).